The molecule has 1 unspecified atom stereocenters. The Morgan fingerprint density at radius 2 is 1.96 bits per heavy atom. The molecule has 152 valence electrons. The maximum atomic E-state index is 13.2. The molecule has 2 aliphatic rings. The van der Waals surface area contributed by atoms with E-state index in [9.17, 15) is 14.4 Å². The van der Waals surface area contributed by atoms with Crippen LogP contribution in [0, 0.1) is 13.8 Å². The van der Waals surface area contributed by atoms with Crippen LogP contribution < -0.4 is 4.57 Å². The fourth-order valence-electron chi connectivity index (χ4n) is 3.73. The lowest BCUT2D eigenvalue weighted by molar-refractivity contribution is -0.689. The van der Waals surface area contributed by atoms with E-state index < -0.39 is 18.0 Å². The van der Waals surface area contributed by atoms with Gasteiger partial charge in [0.25, 0.3) is 5.91 Å². The second-order valence-corrected chi connectivity index (χ2v) is 7.11. The average Bonchev–Trinajstić information content (AvgIpc) is 3.15. The quantitative estimate of drug-likeness (QED) is 0.523. The number of hydrogen-bond donors (Lipinski definition) is 0. The molecule has 0 bridgehead atoms. The van der Waals surface area contributed by atoms with Crippen molar-refractivity contribution in [3.8, 4) is 0 Å². The van der Waals surface area contributed by atoms with Gasteiger partial charge in [-0.15, -0.1) is 0 Å². The molecule has 0 radical (unpaired) electrons. The Bertz CT molecular complexity index is 857. The van der Waals surface area contributed by atoms with Gasteiger partial charge in [-0.25, -0.2) is 13.9 Å². The molecule has 0 spiro atoms. The number of nitrogens with zero attached hydrogens (tertiary/aromatic N) is 5. The number of carbonyl (C=O) groups is 3. The molecule has 1 fully saturated rings. The molecule has 0 aromatic carbocycles. The molecule has 9 nitrogen and oxygen atoms in total. The number of ether oxygens (including phenoxy) is 1. The van der Waals surface area contributed by atoms with E-state index >= 15 is 0 Å². The molecule has 3 amide bonds. The van der Waals surface area contributed by atoms with Crippen molar-refractivity contribution in [2.75, 3.05) is 20.2 Å². The van der Waals surface area contributed by atoms with Crippen molar-refractivity contribution < 1.29 is 23.7 Å². The van der Waals surface area contributed by atoms with Crippen LogP contribution in [0.25, 0.3) is 0 Å². The highest BCUT2D eigenvalue weighted by molar-refractivity contribution is 6.20. The summed E-state index contributed by atoms with van der Waals surface area (Å²) in [4.78, 5) is 44.8. The number of fused-ring (bicyclic) bond motifs is 3. The lowest BCUT2D eigenvalue weighted by atomic mass is 10.1. The first-order valence-electron chi connectivity index (χ1n) is 9.77. The Hall–Kier alpha value is -2.71. The third kappa shape index (κ3) is 3.08. The summed E-state index contributed by atoms with van der Waals surface area (Å²) in [6.45, 7) is 8.91. The van der Waals surface area contributed by atoms with Crippen molar-refractivity contribution in [3.05, 3.63) is 11.4 Å². The molecule has 1 atom stereocenters. The number of urea groups is 1. The van der Waals surface area contributed by atoms with Gasteiger partial charge in [0.2, 0.25) is 11.9 Å². The second kappa shape index (κ2) is 7.73. The first kappa shape index (κ1) is 20.0. The van der Waals surface area contributed by atoms with Gasteiger partial charge in [-0.3, -0.25) is 19.4 Å². The summed E-state index contributed by atoms with van der Waals surface area (Å²) in [5.74, 6) is 0.350. The van der Waals surface area contributed by atoms with Gasteiger partial charge in [-0.2, -0.15) is 0 Å². The van der Waals surface area contributed by atoms with Gasteiger partial charge in [0.1, 0.15) is 11.4 Å². The van der Waals surface area contributed by atoms with Crippen LogP contribution in [0.4, 0.5) is 10.7 Å². The summed E-state index contributed by atoms with van der Waals surface area (Å²) < 4.78 is 8.93. The third-order valence-corrected chi connectivity index (χ3v) is 5.41. The van der Waals surface area contributed by atoms with Gasteiger partial charge in [-0.1, -0.05) is 18.3 Å². The molecule has 3 rings (SSSR count). The van der Waals surface area contributed by atoms with Crippen molar-refractivity contribution in [2.45, 2.75) is 59.5 Å². The van der Waals surface area contributed by atoms with E-state index in [0.29, 0.717) is 11.8 Å². The SMILES string of the molecule is CCCC[n+]1c(C)c(C)n2c1N=C1C2C(=O)N(CCC(=O)OCC)C(=O)N1C. The van der Waals surface area contributed by atoms with E-state index in [4.69, 9.17) is 4.74 Å². The van der Waals surface area contributed by atoms with Gasteiger partial charge in [0, 0.05) is 13.6 Å². The number of rotatable bonds is 7. The number of likely N-dealkylation sites (N-methyl/N-ethyl adjacent to an activating group) is 1. The summed E-state index contributed by atoms with van der Waals surface area (Å²) >= 11 is 0. The molecule has 1 saturated heterocycles. The maximum absolute atomic E-state index is 13.2. The number of amides is 3. The lowest BCUT2D eigenvalue weighted by Crippen LogP contribution is -2.58. The van der Waals surface area contributed by atoms with Crippen molar-refractivity contribution in [1.29, 1.82) is 0 Å². The molecule has 9 heteroatoms. The van der Waals surface area contributed by atoms with Crippen LogP contribution in [0.3, 0.4) is 0 Å². The van der Waals surface area contributed by atoms with E-state index in [0.717, 1.165) is 35.7 Å². The van der Waals surface area contributed by atoms with Crippen molar-refractivity contribution in [1.82, 2.24) is 14.4 Å². The minimum atomic E-state index is -0.679. The predicted molar refractivity (Wildman–Crippen MR) is 101 cm³/mol. The Morgan fingerprint density at radius 1 is 1.25 bits per heavy atom. The molecule has 0 saturated carbocycles. The van der Waals surface area contributed by atoms with Crippen LogP contribution in [0.2, 0.25) is 0 Å². The minimum Gasteiger partial charge on any atom is -0.466 e. The number of imide groups is 1. The topological polar surface area (TPSA) is 88.1 Å². The number of aliphatic imine (C=N–C) groups is 1. The van der Waals surface area contributed by atoms with Gasteiger partial charge in [0.15, 0.2) is 0 Å². The van der Waals surface area contributed by atoms with Gasteiger partial charge in [0.05, 0.1) is 19.6 Å². The number of amidine groups is 1. The average molecular weight is 390 g/mol. The van der Waals surface area contributed by atoms with Gasteiger partial charge in [-0.05, 0) is 27.2 Å². The molecule has 0 aliphatic carbocycles. The zero-order chi connectivity index (χ0) is 20.6. The first-order valence-corrected chi connectivity index (χ1v) is 9.77. The van der Waals surface area contributed by atoms with Crippen molar-refractivity contribution in [2.24, 2.45) is 4.99 Å². The smallest absolute Gasteiger partial charge is 0.402 e. The van der Waals surface area contributed by atoms with E-state index in [2.05, 4.69) is 16.5 Å². The number of aromatic nitrogens is 2. The Balaban J connectivity index is 1.94. The highest BCUT2D eigenvalue weighted by Gasteiger charge is 2.54. The van der Waals surface area contributed by atoms with Crippen LogP contribution in [-0.2, 0) is 20.9 Å². The highest BCUT2D eigenvalue weighted by atomic mass is 16.5. The summed E-state index contributed by atoms with van der Waals surface area (Å²) in [6.07, 6.45) is 2.03. The standard InChI is InChI=1S/C19H28N5O4/c1-6-8-10-22-12(3)13(4)24-15-16(20-18(22)24)21(5)19(27)23(17(15)26)11-9-14(25)28-7-2/h15H,6-11H2,1-5H3/q+1. The van der Waals surface area contributed by atoms with Crippen LogP contribution in [0.15, 0.2) is 4.99 Å². The first-order chi connectivity index (χ1) is 13.3. The molecule has 28 heavy (non-hydrogen) atoms. The van der Waals surface area contributed by atoms with Crippen LogP contribution >= 0.6 is 0 Å². The summed E-state index contributed by atoms with van der Waals surface area (Å²) in [6, 6.07) is -1.15. The van der Waals surface area contributed by atoms with Gasteiger partial charge >= 0.3 is 17.9 Å². The van der Waals surface area contributed by atoms with E-state index in [-0.39, 0.29) is 25.5 Å². The molecule has 1 aromatic heterocycles. The summed E-state index contributed by atoms with van der Waals surface area (Å²) in [7, 11) is 1.61. The normalized spacial score (nSPS) is 18.3. The van der Waals surface area contributed by atoms with E-state index in [1.165, 1.54) is 4.90 Å². The number of carbonyl (C=O) groups excluding carboxylic acids is 3. The summed E-state index contributed by atoms with van der Waals surface area (Å²) in [5.41, 5.74) is 2.02. The zero-order valence-corrected chi connectivity index (χ0v) is 17.2. The lowest BCUT2D eigenvalue weighted by Gasteiger charge is -2.33. The maximum Gasteiger partial charge on any atom is 0.402 e. The second-order valence-electron chi connectivity index (χ2n) is 7.11. The zero-order valence-electron chi connectivity index (χ0n) is 17.2. The largest absolute Gasteiger partial charge is 0.466 e. The van der Waals surface area contributed by atoms with Crippen molar-refractivity contribution in [3.63, 3.8) is 0 Å². The van der Waals surface area contributed by atoms with E-state index in [1.54, 1.807) is 14.0 Å². The van der Waals surface area contributed by atoms with E-state index in [1.807, 2.05) is 18.4 Å². The molecular weight excluding hydrogens is 362 g/mol. The summed E-state index contributed by atoms with van der Waals surface area (Å²) in [5, 5.41) is 0. The number of hydrogen-bond acceptors (Lipinski definition) is 5. The molecule has 1 aromatic rings. The van der Waals surface area contributed by atoms with Crippen LogP contribution in [0.5, 0.6) is 0 Å². The third-order valence-electron chi connectivity index (χ3n) is 5.41. The molecule has 0 N–H and O–H groups in total. The van der Waals surface area contributed by atoms with Crippen LogP contribution in [-0.4, -0.2) is 58.3 Å². The number of esters is 1. The number of imidazole rings is 1. The molecular formula is C19H28N5O4+. The fraction of sp³-hybridized carbons (Fsp3) is 0.632. The molecule has 2 aliphatic heterocycles. The Labute approximate surface area is 164 Å². The number of unbranched alkanes of at least 4 members (excludes halogenated alkanes) is 1. The predicted octanol–water partition coefficient (Wildman–Crippen LogP) is 1.62. The van der Waals surface area contributed by atoms with Gasteiger partial charge < -0.3 is 4.74 Å². The molecule has 3 heterocycles. The van der Waals surface area contributed by atoms with Crippen LogP contribution in [0.1, 0.15) is 50.5 Å². The Kier molecular flexibility index (Phi) is 5.53. The highest BCUT2D eigenvalue weighted by Crippen LogP contribution is 2.35. The Morgan fingerprint density at radius 3 is 2.61 bits per heavy atom. The fourth-order valence-corrected chi connectivity index (χ4v) is 3.73. The monoisotopic (exact) mass is 390 g/mol. The minimum absolute atomic E-state index is 0.00487. The van der Waals surface area contributed by atoms with Crippen molar-refractivity contribution >= 4 is 29.7 Å².